The van der Waals surface area contributed by atoms with Crippen molar-refractivity contribution in [1.29, 1.82) is 0 Å². The van der Waals surface area contributed by atoms with Crippen LogP contribution in [0.2, 0.25) is 0 Å². The minimum atomic E-state index is -0.200. The lowest BCUT2D eigenvalue weighted by molar-refractivity contribution is 0.315. The van der Waals surface area contributed by atoms with E-state index in [-0.39, 0.29) is 5.54 Å². The summed E-state index contributed by atoms with van der Waals surface area (Å²) in [6.45, 7) is 1.86. The molecule has 2 saturated carbocycles. The predicted octanol–water partition coefficient (Wildman–Crippen LogP) is 1.57. The van der Waals surface area contributed by atoms with Crippen molar-refractivity contribution >= 4 is 0 Å². The maximum absolute atomic E-state index is 6.28. The molecule has 1 aromatic heterocycles. The maximum atomic E-state index is 6.28. The molecule has 0 spiro atoms. The lowest BCUT2D eigenvalue weighted by atomic mass is 9.92. The Morgan fingerprint density at radius 2 is 2.23 bits per heavy atom. The van der Waals surface area contributed by atoms with Gasteiger partial charge in [0.25, 0.3) is 0 Å². The lowest BCUT2D eigenvalue weighted by Gasteiger charge is -2.22. The minimum Gasteiger partial charge on any atom is -0.444 e. The normalized spacial score (nSPS) is 42.0. The van der Waals surface area contributed by atoms with E-state index in [9.17, 15) is 0 Å². The Labute approximate surface area is 77.3 Å². The average Bonchev–Trinajstić information content (AvgIpc) is 2.54. The second kappa shape index (κ2) is 2.15. The number of aryl methyl sites for hydroxylation is 1. The number of oxazole rings is 1. The largest absolute Gasteiger partial charge is 0.444 e. The van der Waals surface area contributed by atoms with Crippen LogP contribution < -0.4 is 5.73 Å². The van der Waals surface area contributed by atoms with Crippen molar-refractivity contribution in [1.82, 2.24) is 4.98 Å². The molecule has 3 heteroatoms. The fourth-order valence-corrected chi connectivity index (χ4v) is 2.62. The molecule has 0 radical (unpaired) electrons. The van der Waals surface area contributed by atoms with Gasteiger partial charge < -0.3 is 10.2 Å². The Morgan fingerprint density at radius 1 is 1.54 bits per heavy atom. The molecule has 2 fully saturated rings. The molecular formula is C10H14N2O. The van der Waals surface area contributed by atoms with Gasteiger partial charge in [0.1, 0.15) is 5.76 Å². The zero-order valence-electron chi connectivity index (χ0n) is 7.79. The van der Waals surface area contributed by atoms with E-state index in [0.29, 0.717) is 0 Å². The second-order valence-corrected chi connectivity index (χ2v) is 4.56. The number of hydrogen-bond acceptors (Lipinski definition) is 3. The van der Waals surface area contributed by atoms with Crippen LogP contribution in [0.15, 0.2) is 10.6 Å². The summed E-state index contributed by atoms with van der Waals surface area (Å²) in [6, 6.07) is 0. The van der Waals surface area contributed by atoms with Crippen LogP contribution in [-0.4, -0.2) is 4.98 Å². The van der Waals surface area contributed by atoms with E-state index >= 15 is 0 Å². The predicted molar refractivity (Wildman–Crippen MR) is 47.9 cm³/mol. The van der Waals surface area contributed by atoms with Crippen molar-refractivity contribution in [3.8, 4) is 0 Å². The third kappa shape index (κ3) is 1.03. The van der Waals surface area contributed by atoms with Gasteiger partial charge in [0.2, 0.25) is 0 Å². The van der Waals surface area contributed by atoms with Crippen LogP contribution in [0.3, 0.4) is 0 Å². The monoisotopic (exact) mass is 178 g/mol. The zero-order chi connectivity index (χ0) is 9.05. The van der Waals surface area contributed by atoms with E-state index in [1.807, 2.05) is 6.92 Å². The summed E-state index contributed by atoms with van der Waals surface area (Å²) >= 11 is 0. The highest BCUT2D eigenvalue weighted by molar-refractivity contribution is 5.17. The fourth-order valence-electron chi connectivity index (χ4n) is 2.62. The van der Waals surface area contributed by atoms with Crippen LogP contribution in [0.5, 0.6) is 0 Å². The molecule has 0 amide bonds. The quantitative estimate of drug-likeness (QED) is 0.710. The van der Waals surface area contributed by atoms with Crippen molar-refractivity contribution in [2.24, 2.45) is 17.6 Å². The van der Waals surface area contributed by atoms with Gasteiger partial charge in [0, 0.05) is 6.92 Å². The van der Waals surface area contributed by atoms with Crippen molar-refractivity contribution in [2.45, 2.75) is 31.7 Å². The molecule has 2 aliphatic rings. The first-order valence-electron chi connectivity index (χ1n) is 4.89. The van der Waals surface area contributed by atoms with Gasteiger partial charge in [-0.15, -0.1) is 0 Å². The van der Waals surface area contributed by atoms with E-state index in [4.69, 9.17) is 10.2 Å². The average molecular weight is 178 g/mol. The fraction of sp³-hybridized carbons (Fsp3) is 0.700. The van der Waals surface area contributed by atoms with Gasteiger partial charge >= 0.3 is 0 Å². The van der Waals surface area contributed by atoms with Gasteiger partial charge in [0.15, 0.2) is 5.89 Å². The highest BCUT2D eigenvalue weighted by Gasteiger charge is 2.54. The number of hydrogen-bond donors (Lipinski definition) is 1. The van der Waals surface area contributed by atoms with Crippen molar-refractivity contribution in [3.05, 3.63) is 17.8 Å². The van der Waals surface area contributed by atoms with Crippen molar-refractivity contribution < 1.29 is 4.42 Å². The Hall–Kier alpha value is -0.830. The molecule has 1 heterocycles. The summed E-state index contributed by atoms with van der Waals surface area (Å²) in [5.74, 6) is 3.35. The van der Waals surface area contributed by atoms with Gasteiger partial charge in [-0.05, 0) is 31.1 Å². The van der Waals surface area contributed by atoms with Crippen LogP contribution in [0, 0.1) is 18.8 Å². The molecule has 3 nitrogen and oxygen atoms in total. The number of fused-ring (bicyclic) bond motifs is 1. The van der Waals surface area contributed by atoms with Crippen molar-refractivity contribution in [2.75, 3.05) is 0 Å². The standard InChI is InChI=1S/C10H14N2O/c1-6-12-5-9(13-6)10(11)3-7-2-8(7)4-10/h5,7-8H,2-4,11H2,1H3. The molecule has 0 aliphatic heterocycles. The van der Waals surface area contributed by atoms with Gasteiger partial charge in [-0.1, -0.05) is 0 Å². The molecular weight excluding hydrogens is 164 g/mol. The van der Waals surface area contributed by atoms with E-state index in [2.05, 4.69) is 4.98 Å². The Kier molecular flexibility index (Phi) is 1.25. The molecule has 0 saturated heterocycles. The van der Waals surface area contributed by atoms with Gasteiger partial charge in [-0.3, -0.25) is 0 Å². The minimum absolute atomic E-state index is 0.200. The Bertz CT molecular complexity index is 334. The summed E-state index contributed by atoms with van der Waals surface area (Å²) in [5, 5.41) is 0. The molecule has 70 valence electrons. The lowest BCUT2D eigenvalue weighted by Crippen LogP contribution is -2.34. The van der Waals surface area contributed by atoms with E-state index in [0.717, 1.165) is 36.3 Å². The summed E-state index contributed by atoms with van der Waals surface area (Å²) in [6.07, 6.45) is 5.35. The van der Waals surface area contributed by atoms with Crippen LogP contribution >= 0.6 is 0 Å². The molecule has 13 heavy (non-hydrogen) atoms. The SMILES string of the molecule is Cc1ncc(C2(N)CC3CC3C2)o1. The van der Waals surface area contributed by atoms with E-state index in [1.54, 1.807) is 6.20 Å². The van der Waals surface area contributed by atoms with Crippen LogP contribution in [0.4, 0.5) is 0 Å². The van der Waals surface area contributed by atoms with Crippen molar-refractivity contribution in [3.63, 3.8) is 0 Å². The highest BCUT2D eigenvalue weighted by atomic mass is 16.4. The van der Waals surface area contributed by atoms with Crippen LogP contribution in [0.25, 0.3) is 0 Å². The summed E-state index contributed by atoms with van der Waals surface area (Å²) in [5.41, 5.74) is 6.08. The third-order valence-corrected chi connectivity index (χ3v) is 3.43. The first-order valence-corrected chi connectivity index (χ1v) is 4.89. The van der Waals surface area contributed by atoms with Gasteiger partial charge in [-0.25, -0.2) is 4.98 Å². The second-order valence-electron chi connectivity index (χ2n) is 4.56. The molecule has 0 aromatic carbocycles. The first-order chi connectivity index (χ1) is 6.17. The zero-order valence-corrected chi connectivity index (χ0v) is 7.79. The molecule has 1 aromatic rings. The Balaban J connectivity index is 1.91. The van der Waals surface area contributed by atoms with Gasteiger partial charge in [0.05, 0.1) is 11.7 Å². The topological polar surface area (TPSA) is 52.0 Å². The Morgan fingerprint density at radius 3 is 2.77 bits per heavy atom. The highest BCUT2D eigenvalue weighted by Crippen LogP contribution is 2.58. The van der Waals surface area contributed by atoms with Crippen LogP contribution in [0.1, 0.15) is 30.9 Å². The summed E-state index contributed by atoms with van der Waals surface area (Å²) in [7, 11) is 0. The van der Waals surface area contributed by atoms with E-state index < -0.39 is 0 Å². The molecule has 2 atom stereocenters. The molecule has 2 aliphatic carbocycles. The van der Waals surface area contributed by atoms with Crippen LogP contribution in [-0.2, 0) is 5.54 Å². The maximum Gasteiger partial charge on any atom is 0.191 e. The molecule has 2 N–H and O–H groups in total. The number of aromatic nitrogens is 1. The summed E-state index contributed by atoms with van der Waals surface area (Å²) in [4.78, 5) is 4.10. The third-order valence-electron chi connectivity index (χ3n) is 3.43. The molecule has 2 unspecified atom stereocenters. The molecule has 0 bridgehead atoms. The summed E-state index contributed by atoms with van der Waals surface area (Å²) < 4.78 is 5.50. The molecule has 3 rings (SSSR count). The number of nitrogens with two attached hydrogens (primary N) is 1. The smallest absolute Gasteiger partial charge is 0.191 e. The van der Waals surface area contributed by atoms with E-state index in [1.165, 1.54) is 6.42 Å². The number of rotatable bonds is 1. The number of nitrogens with zero attached hydrogens (tertiary/aromatic N) is 1. The van der Waals surface area contributed by atoms with Gasteiger partial charge in [-0.2, -0.15) is 0 Å². The first kappa shape index (κ1) is 7.56.